The van der Waals surface area contributed by atoms with E-state index in [2.05, 4.69) is 11.9 Å². The van der Waals surface area contributed by atoms with Crippen LogP contribution < -0.4 is 10.9 Å². The summed E-state index contributed by atoms with van der Waals surface area (Å²) in [5, 5.41) is 2.41. The fourth-order valence-electron chi connectivity index (χ4n) is 2.99. The number of aromatic nitrogens is 1. The first-order valence-corrected chi connectivity index (χ1v) is 8.22. The number of likely N-dealkylation sites (tertiary alicyclic amines) is 1. The number of halogens is 3. The molecule has 26 heavy (non-hydrogen) atoms. The van der Waals surface area contributed by atoms with Gasteiger partial charge in [-0.1, -0.05) is 6.58 Å². The number of pyridine rings is 1. The van der Waals surface area contributed by atoms with Crippen molar-refractivity contribution in [1.82, 2.24) is 9.47 Å². The van der Waals surface area contributed by atoms with Gasteiger partial charge in [0.25, 0.3) is 5.56 Å². The molecule has 0 saturated carbocycles. The fraction of sp³-hybridized carbons (Fsp3) is 0.471. The maximum absolute atomic E-state index is 13.0. The molecular formula is C17H20F3N3O3. The molecule has 1 aliphatic heterocycles. The average molecular weight is 371 g/mol. The lowest BCUT2D eigenvalue weighted by Gasteiger charge is -2.31. The average Bonchev–Trinajstić information content (AvgIpc) is 2.61. The second-order valence-electron chi connectivity index (χ2n) is 6.00. The van der Waals surface area contributed by atoms with E-state index in [0.29, 0.717) is 24.0 Å². The number of carbonyl (C=O) groups is 2. The predicted octanol–water partition coefficient (Wildman–Crippen LogP) is 2.25. The molecule has 0 aromatic carbocycles. The minimum atomic E-state index is -4.66. The number of hydrogen-bond donors (Lipinski definition) is 1. The molecule has 2 heterocycles. The largest absolute Gasteiger partial charge is 0.431 e. The minimum Gasteiger partial charge on any atom is -0.338 e. The van der Waals surface area contributed by atoms with Crippen molar-refractivity contribution in [1.29, 1.82) is 0 Å². The Balaban J connectivity index is 2.20. The van der Waals surface area contributed by atoms with Crippen LogP contribution in [0, 0.1) is 5.92 Å². The molecule has 1 unspecified atom stereocenters. The lowest BCUT2D eigenvalue weighted by Crippen LogP contribution is -2.43. The summed E-state index contributed by atoms with van der Waals surface area (Å²) >= 11 is 0. The third kappa shape index (κ3) is 4.14. The maximum atomic E-state index is 13.0. The molecule has 1 fully saturated rings. The Bertz CT molecular complexity index is 771. The summed E-state index contributed by atoms with van der Waals surface area (Å²) in [5.41, 5.74) is -2.19. The van der Waals surface area contributed by atoms with Crippen molar-refractivity contribution in [2.75, 3.05) is 18.4 Å². The lowest BCUT2D eigenvalue weighted by atomic mass is 9.97. The highest BCUT2D eigenvalue weighted by atomic mass is 19.4. The van der Waals surface area contributed by atoms with Gasteiger partial charge in [-0.25, -0.2) is 0 Å². The third-order valence-corrected chi connectivity index (χ3v) is 4.32. The van der Waals surface area contributed by atoms with Gasteiger partial charge in [0.1, 0.15) is 11.4 Å². The number of anilines is 1. The highest BCUT2D eigenvalue weighted by Gasteiger charge is 2.35. The molecule has 142 valence electrons. The van der Waals surface area contributed by atoms with Gasteiger partial charge in [0.05, 0.1) is 5.92 Å². The zero-order valence-corrected chi connectivity index (χ0v) is 14.3. The topological polar surface area (TPSA) is 71.4 Å². The minimum absolute atomic E-state index is 0.178. The van der Waals surface area contributed by atoms with Crippen molar-refractivity contribution in [2.45, 2.75) is 32.5 Å². The Morgan fingerprint density at radius 2 is 2.08 bits per heavy atom. The molecule has 1 N–H and O–H groups in total. The highest BCUT2D eigenvalue weighted by molar-refractivity contribution is 5.93. The van der Waals surface area contributed by atoms with Gasteiger partial charge in [0, 0.05) is 19.6 Å². The monoisotopic (exact) mass is 371 g/mol. The molecule has 1 atom stereocenters. The van der Waals surface area contributed by atoms with Gasteiger partial charge in [-0.05, 0) is 38.0 Å². The van der Waals surface area contributed by atoms with E-state index in [9.17, 15) is 27.6 Å². The normalized spacial score (nSPS) is 17.7. The van der Waals surface area contributed by atoms with E-state index < -0.39 is 29.3 Å². The van der Waals surface area contributed by atoms with Gasteiger partial charge in [-0.15, -0.1) is 0 Å². The smallest absolute Gasteiger partial charge is 0.338 e. The number of piperidine rings is 1. The first-order valence-electron chi connectivity index (χ1n) is 8.22. The summed E-state index contributed by atoms with van der Waals surface area (Å²) in [4.78, 5) is 37.9. The SMILES string of the molecule is C=CC(=O)N1CCCC(C(=O)Nc2ccc(C(F)(F)F)n(CC)c2=O)C1. The second-order valence-corrected chi connectivity index (χ2v) is 6.00. The molecule has 1 aromatic rings. The number of carbonyl (C=O) groups excluding carboxylic acids is 2. The first kappa shape index (κ1) is 19.7. The van der Waals surface area contributed by atoms with Crippen LogP contribution in [0.5, 0.6) is 0 Å². The number of rotatable bonds is 4. The number of nitrogens with zero attached hydrogens (tertiary/aromatic N) is 2. The molecule has 0 bridgehead atoms. The first-order chi connectivity index (χ1) is 12.2. The van der Waals surface area contributed by atoms with Crippen molar-refractivity contribution in [2.24, 2.45) is 5.92 Å². The molecule has 2 rings (SSSR count). The molecule has 6 nitrogen and oxygen atoms in total. The van der Waals surface area contributed by atoms with Crippen LogP contribution in [0.25, 0.3) is 0 Å². The summed E-state index contributed by atoms with van der Waals surface area (Å²) in [7, 11) is 0. The molecule has 0 spiro atoms. The van der Waals surface area contributed by atoms with Gasteiger partial charge < -0.3 is 14.8 Å². The predicted molar refractivity (Wildman–Crippen MR) is 89.5 cm³/mol. The van der Waals surface area contributed by atoms with Crippen LogP contribution in [0.15, 0.2) is 29.6 Å². The van der Waals surface area contributed by atoms with Gasteiger partial charge in [-0.2, -0.15) is 13.2 Å². The van der Waals surface area contributed by atoms with E-state index in [1.807, 2.05) is 0 Å². The van der Waals surface area contributed by atoms with Crippen LogP contribution in [-0.2, 0) is 22.3 Å². The summed E-state index contributed by atoms with van der Waals surface area (Å²) < 4.78 is 39.5. The van der Waals surface area contributed by atoms with Crippen LogP contribution in [0.1, 0.15) is 25.5 Å². The quantitative estimate of drug-likeness (QED) is 0.826. The number of alkyl halides is 3. The van der Waals surface area contributed by atoms with Crippen molar-refractivity contribution >= 4 is 17.5 Å². The molecule has 1 aliphatic rings. The van der Waals surface area contributed by atoms with E-state index in [-0.39, 0.29) is 24.7 Å². The lowest BCUT2D eigenvalue weighted by molar-refractivity contribution is -0.144. The molecule has 2 amide bonds. The van der Waals surface area contributed by atoms with E-state index in [1.165, 1.54) is 11.8 Å². The molecule has 1 saturated heterocycles. The number of amides is 2. The Labute approximate surface area is 148 Å². The summed E-state index contributed by atoms with van der Waals surface area (Å²) in [5.74, 6) is -1.32. The highest BCUT2D eigenvalue weighted by Crippen LogP contribution is 2.29. The van der Waals surface area contributed by atoms with Crippen molar-refractivity contribution in [3.63, 3.8) is 0 Å². The van der Waals surface area contributed by atoms with Crippen molar-refractivity contribution in [3.8, 4) is 0 Å². The van der Waals surface area contributed by atoms with Crippen LogP contribution in [0.2, 0.25) is 0 Å². The summed E-state index contributed by atoms with van der Waals surface area (Å²) in [6.07, 6.45) is -2.36. The molecule has 0 aliphatic carbocycles. The Kier molecular flexibility index (Phi) is 5.89. The number of hydrogen-bond acceptors (Lipinski definition) is 3. The third-order valence-electron chi connectivity index (χ3n) is 4.32. The van der Waals surface area contributed by atoms with Crippen LogP contribution in [0.3, 0.4) is 0 Å². The van der Waals surface area contributed by atoms with Crippen molar-refractivity contribution in [3.05, 3.63) is 40.8 Å². The van der Waals surface area contributed by atoms with E-state index in [0.717, 1.165) is 18.2 Å². The zero-order valence-electron chi connectivity index (χ0n) is 14.3. The van der Waals surface area contributed by atoms with Gasteiger partial charge in [0.2, 0.25) is 11.8 Å². The van der Waals surface area contributed by atoms with Crippen molar-refractivity contribution < 1.29 is 22.8 Å². The van der Waals surface area contributed by atoms with Crippen LogP contribution in [0.4, 0.5) is 18.9 Å². The molecular weight excluding hydrogens is 351 g/mol. The Morgan fingerprint density at radius 3 is 2.65 bits per heavy atom. The van der Waals surface area contributed by atoms with Gasteiger partial charge >= 0.3 is 6.18 Å². The Morgan fingerprint density at radius 1 is 1.38 bits per heavy atom. The Hall–Kier alpha value is -2.58. The number of nitrogens with one attached hydrogen (secondary N) is 1. The molecule has 9 heteroatoms. The van der Waals surface area contributed by atoms with Gasteiger partial charge in [0.15, 0.2) is 0 Å². The second kappa shape index (κ2) is 7.76. The zero-order chi connectivity index (χ0) is 19.5. The summed E-state index contributed by atoms with van der Waals surface area (Å²) in [6.45, 7) is 5.34. The van der Waals surface area contributed by atoms with E-state index in [4.69, 9.17) is 0 Å². The van der Waals surface area contributed by atoms with Crippen LogP contribution >= 0.6 is 0 Å². The maximum Gasteiger partial charge on any atom is 0.431 e. The van der Waals surface area contributed by atoms with Gasteiger partial charge in [-0.3, -0.25) is 14.4 Å². The van der Waals surface area contributed by atoms with Crippen LogP contribution in [-0.4, -0.2) is 34.4 Å². The fourth-order valence-corrected chi connectivity index (χ4v) is 2.99. The molecule has 0 radical (unpaired) electrons. The van der Waals surface area contributed by atoms with E-state index >= 15 is 0 Å². The molecule has 1 aromatic heterocycles. The summed E-state index contributed by atoms with van der Waals surface area (Å²) in [6, 6.07) is 1.74. The van der Waals surface area contributed by atoms with E-state index in [1.54, 1.807) is 0 Å². The standard InChI is InChI=1S/C17H20F3N3O3/c1-3-14(24)22-9-5-6-11(10-22)15(25)21-12-7-8-13(17(18,19)20)23(4-2)16(12)26/h3,7-8,11H,1,4-6,9-10H2,2H3,(H,21,25).